The number of amidine groups is 1. The van der Waals surface area contributed by atoms with Crippen LogP contribution in [0.25, 0.3) is 11.1 Å². The van der Waals surface area contributed by atoms with Crippen molar-refractivity contribution in [2.24, 2.45) is 4.99 Å². The van der Waals surface area contributed by atoms with Gasteiger partial charge >= 0.3 is 6.18 Å². The molecule has 0 fully saturated rings. The highest BCUT2D eigenvalue weighted by Gasteiger charge is 2.30. The molecule has 0 unspecified atom stereocenters. The summed E-state index contributed by atoms with van der Waals surface area (Å²) in [4.78, 5) is 8.59. The molecule has 0 atom stereocenters. The normalized spacial score (nSPS) is 13.8. The smallest absolute Gasteiger partial charge is 0.416 e. The molecule has 0 spiro atoms. The molecule has 4 rings (SSSR count). The Balaban J connectivity index is 1.57. The minimum Gasteiger partial charge on any atom is -0.491 e. The maximum absolute atomic E-state index is 12.8. The van der Waals surface area contributed by atoms with Gasteiger partial charge in [-0.15, -0.1) is 0 Å². The van der Waals surface area contributed by atoms with Crippen LogP contribution in [0.3, 0.4) is 0 Å². The zero-order valence-electron chi connectivity index (χ0n) is 15.5. The van der Waals surface area contributed by atoms with Crippen LogP contribution >= 0.6 is 0 Å². The summed E-state index contributed by atoms with van der Waals surface area (Å²) in [5.41, 5.74) is 1.63. The average molecular weight is 400 g/mol. The average Bonchev–Trinajstić information content (AvgIpc) is 3.15. The van der Waals surface area contributed by atoms with Gasteiger partial charge in [-0.2, -0.15) is 13.2 Å². The van der Waals surface area contributed by atoms with Crippen molar-refractivity contribution < 1.29 is 17.9 Å². The number of halogens is 3. The van der Waals surface area contributed by atoms with Gasteiger partial charge < -0.3 is 14.6 Å². The Labute approximate surface area is 165 Å². The molecule has 150 valence electrons. The number of ether oxygens (including phenoxy) is 1. The molecular formula is C21H19F3N4O. The quantitative estimate of drug-likeness (QED) is 0.720. The number of alkyl halides is 3. The first-order valence-electron chi connectivity index (χ1n) is 9.19. The van der Waals surface area contributed by atoms with E-state index in [1.54, 1.807) is 12.5 Å². The summed E-state index contributed by atoms with van der Waals surface area (Å²) in [5, 5.41) is 3.34. The molecule has 0 bridgehead atoms. The molecule has 29 heavy (non-hydrogen) atoms. The molecule has 1 aliphatic rings. The Morgan fingerprint density at radius 1 is 1.07 bits per heavy atom. The number of aliphatic imine (C=N–C) groups is 1. The van der Waals surface area contributed by atoms with Crippen molar-refractivity contribution in [2.45, 2.75) is 12.7 Å². The van der Waals surface area contributed by atoms with Gasteiger partial charge in [0.1, 0.15) is 18.2 Å². The minimum absolute atomic E-state index is 0.472. The van der Waals surface area contributed by atoms with Crippen LogP contribution in [0, 0.1) is 0 Å². The Bertz CT molecular complexity index is 996. The fourth-order valence-corrected chi connectivity index (χ4v) is 3.14. The van der Waals surface area contributed by atoms with Crippen molar-refractivity contribution in [3.63, 3.8) is 0 Å². The Morgan fingerprint density at radius 3 is 2.59 bits per heavy atom. The second-order valence-electron chi connectivity index (χ2n) is 6.59. The zero-order valence-corrected chi connectivity index (χ0v) is 15.5. The first-order chi connectivity index (χ1) is 14.0. The maximum Gasteiger partial charge on any atom is 0.416 e. The van der Waals surface area contributed by atoms with Crippen LogP contribution in [0.2, 0.25) is 0 Å². The Hall–Kier alpha value is -3.29. The summed E-state index contributed by atoms with van der Waals surface area (Å²) in [6.45, 7) is 2.38. The summed E-state index contributed by atoms with van der Waals surface area (Å²) < 4.78 is 46.2. The number of hydrogen-bond acceptors (Lipinski definition) is 4. The molecule has 1 aliphatic heterocycles. The number of imidazole rings is 1. The number of benzene rings is 2. The van der Waals surface area contributed by atoms with Crippen molar-refractivity contribution in [3.8, 4) is 16.9 Å². The van der Waals surface area contributed by atoms with Crippen LogP contribution in [-0.2, 0) is 12.7 Å². The van der Waals surface area contributed by atoms with Gasteiger partial charge in [0, 0.05) is 25.5 Å². The van der Waals surface area contributed by atoms with Crippen LogP contribution < -0.4 is 10.1 Å². The lowest BCUT2D eigenvalue weighted by Gasteiger charge is -2.14. The van der Waals surface area contributed by atoms with Crippen molar-refractivity contribution in [1.29, 1.82) is 0 Å². The van der Waals surface area contributed by atoms with Crippen LogP contribution in [0.15, 0.2) is 66.2 Å². The van der Waals surface area contributed by atoms with Gasteiger partial charge in [0.15, 0.2) is 0 Å². The maximum atomic E-state index is 12.8. The van der Waals surface area contributed by atoms with E-state index in [1.807, 2.05) is 29.0 Å². The van der Waals surface area contributed by atoms with Crippen molar-refractivity contribution >= 4 is 5.84 Å². The summed E-state index contributed by atoms with van der Waals surface area (Å²) in [6.07, 6.45) is 1.01. The zero-order chi connectivity index (χ0) is 20.3. The van der Waals surface area contributed by atoms with E-state index < -0.39 is 11.7 Å². The van der Waals surface area contributed by atoms with Gasteiger partial charge in [0.05, 0.1) is 24.0 Å². The van der Waals surface area contributed by atoms with Crippen LogP contribution in [0.4, 0.5) is 13.2 Å². The standard InChI is InChI=1S/C21H19F3N4O/c22-21(23,24)17-4-1-15(2-5-17)16-3-6-19-18(13-16)20(27-9-12-29-19)26-8-11-28-10-7-25-14-28/h1-7,10,13-14H,8-9,11-12H2,(H,26,27). The SMILES string of the molecule is FC(F)(F)c1ccc(-c2ccc3c(c2)C(NCCn2ccnc2)=NCCO3)cc1. The molecule has 0 radical (unpaired) electrons. The fraction of sp³-hybridized carbons (Fsp3) is 0.238. The van der Waals surface area contributed by atoms with E-state index in [0.29, 0.717) is 36.8 Å². The van der Waals surface area contributed by atoms with E-state index in [1.165, 1.54) is 12.1 Å². The van der Waals surface area contributed by atoms with E-state index >= 15 is 0 Å². The lowest BCUT2D eigenvalue weighted by Crippen LogP contribution is -2.28. The summed E-state index contributed by atoms with van der Waals surface area (Å²) >= 11 is 0. The van der Waals surface area contributed by atoms with Gasteiger partial charge in [-0.25, -0.2) is 4.98 Å². The molecule has 0 amide bonds. The van der Waals surface area contributed by atoms with E-state index in [2.05, 4.69) is 15.3 Å². The molecule has 1 aromatic heterocycles. The number of rotatable bonds is 4. The molecule has 3 aromatic rings. The van der Waals surface area contributed by atoms with Crippen molar-refractivity contribution in [1.82, 2.24) is 14.9 Å². The minimum atomic E-state index is -4.35. The molecule has 0 saturated heterocycles. The van der Waals surface area contributed by atoms with Gasteiger partial charge in [0.25, 0.3) is 0 Å². The second kappa shape index (κ2) is 7.98. The van der Waals surface area contributed by atoms with Gasteiger partial charge in [-0.3, -0.25) is 4.99 Å². The van der Waals surface area contributed by atoms with Crippen LogP contribution in [-0.4, -0.2) is 35.1 Å². The number of nitrogens with zero attached hydrogens (tertiary/aromatic N) is 3. The Kier molecular flexibility index (Phi) is 5.24. The predicted molar refractivity (Wildman–Crippen MR) is 104 cm³/mol. The number of fused-ring (bicyclic) bond motifs is 1. The van der Waals surface area contributed by atoms with Gasteiger partial charge in [-0.05, 0) is 35.4 Å². The third-order valence-corrected chi connectivity index (χ3v) is 4.62. The van der Waals surface area contributed by atoms with Gasteiger partial charge in [-0.1, -0.05) is 18.2 Å². The van der Waals surface area contributed by atoms with Crippen LogP contribution in [0.5, 0.6) is 5.75 Å². The number of hydrogen-bond donors (Lipinski definition) is 1. The molecule has 1 N–H and O–H groups in total. The second-order valence-corrected chi connectivity index (χ2v) is 6.59. The third-order valence-electron chi connectivity index (χ3n) is 4.62. The highest BCUT2D eigenvalue weighted by atomic mass is 19.4. The molecule has 5 nitrogen and oxygen atoms in total. The molecule has 2 heterocycles. The monoisotopic (exact) mass is 400 g/mol. The lowest BCUT2D eigenvalue weighted by atomic mass is 10.0. The van der Waals surface area contributed by atoms with E-state index in [9.17, 15) is 13.2 Å². The van der Waals surface area contributed by atoms with E-state index in [-0.39, 0.29) is 0 Å². The first kappa shape index (κ1) is 19.0. The molecule has 0 aliphatic carbocycles. The number of aromatic nitrogens is 2. The number of nitrogens with one attached hydrogen (secondary N) is 1. The van der Waals surface area contributed by atoms with E-state index in [4.69, 9.17) is 4.74 Å². The van der Waals surface area contributed by atoms with E-state index in [0.717, 1.165) is 29.8 Å². The highest BCUT2D eigenvalue weighted by molar-refractivity contribution is 6.02. The summed E-state index contributed by atoms with van der Waals surface area (Å²) in [5.74, 6) is 1.42. The first-order valence-corrected chi connectivity index (χ1v) is 9.19. The topological polar surface area (TPSA) is 51.4 Å². The van der Waals surface area contributed by atoms with Crippen molar-refractivity contribution in [3.05, 3.63) is 72.3 Å². The summed E-state index contributed by atoms with van der Waals surface area (Å²) in [6, 6.07) is 10.7. The fourth-order valence-electron chi connectivity index (χ4n) is 3.14. The van der Waals surface area contributed by atoms with Gasteiger partial charge in [0.2, 0.25) is 0 Å². The van der Waals surface area contributed by atoms with Crippen LogP contribution in [0.1, 0.15) is 11.1 Å². The largest absolute Gasteiger partial charge is 0.491 e. The third kappa shape index (κ3) is 4.42. The molecular weight excluding hydrogens is 381 g/mol. The van der Waals surface area contributed by atoms with Crippen molar-refractivity contribution in [2.75, 3.05) is 19.7 Å². The molecule has 8 heteroatoms. The lowest BCUT2D eigenvalue weighted by molar-refractivity contribution is -0.137. The highest BCUT2D eigenvalue weighted by Crippen LogP contribution is 2.32. The molecule has 0 saturated carbocycles. The molecule has 2 aromatic carbocycles. The Morgan fingerprint density at radius 2 is 1.86 bits per heavy atom. The summed E-state index contributed by atoms with van der Waals surface area (Å²) in [7, 11) is 0. The predicted octanol–water partition coefficient (Wildman–Crippen LogP) is 4.00.